The van der Waals surface area contributed by atoms with Crippen molar-refractivity contribution in [2.45, 2.75) is 37.8 Å². The third-order valence-corrected chi connectivity index (χ3v) is 8.10. The van der Waals surface area contributed by atoms with Gasteiger partial charge in [-0.2, -0.15) is 13.2 Å². The first-order chi connectivity index (χ1) is 20.0. The van der Waals surface area contributed by atoms with Gasteiger partial charge in [-0.15, -0.1) is 0 Å². The van der Waals surface area contributed by atoms with Crippen LogP contribution in [-0.2, 0) is 15.8 Å². The molecule has 0 fully saturated rings. The number of halogens is 4. The Balaban J connectivity index is 1.62. The highest BCUT2D eigenvalue weighted by molar-refractivity contribution is 6.34. The number of nitrogens with one attached hydrogen (secondary N) is 1. The maximum Gasteiger partial charge on any atom is 0.416 e. The number of anilines is 1. The molecule has 1 amide bonds. The number of ketones is 1. The van der Waals surface area contributed by atoms with Gasteiger partial charge in [0.1, 0.15) is 11.5 Å². The molecule has 3 atom stereocenters. The first-order valence-electron chi connectivity index (χ1n) is 13.3. The van der Waals surface area contributed by atoms with E-state index in [1.807, 2.05) is 30.3 Å². The minimum atomic E-state index is -4.63. The van der Waals surface area contributed by atoms with E-state index in [-0.39, 0.29) is 28.8 Å². The molecule has 1 aliphatic heterocycles. The van der Waals surface area contributed by atoms with Crippen LogP contribution in [0.4, 0.5) is 18.9 Å². The second kappa shape index (κ2) is 11.6. The Labute approximate surface area is 246 Å². The summed E-state index contributed by atoms with van der Waals surface area (Å²) in [6, 6.07) is 17.5. The van der Waals surface area contributed by atoms with Gasteiger partial charge in [0, 0.05) is 34.9 Å². The maximum absolute atomic E-state index is 14.0. The lowest BCUT2D eigenvalue weighted by Crippen LogP contribution is -2.40. The summed E-state index contributed by atoms with van der Waals surface area (Å²) >= 11 is 6.20. The van der Waals surface area contributed by atoms with Crippen LogP contribution in [0.3, 0.4) is 0 Å². The Hall–Kier alpha value is -4.11. The van der Waals surface area contributed by atoms with Crippen LogP contribution in [0.1, 0.15) is 48.3 Å². The Morgan fingerprint density at radius 3 is 2.40 bits per heavy atom. The van der Waals surface area contributed by atoms with Gasteiger partial charge in [0.25, 0.3) is 0 Å². The van der Waals surface area contributed by atoms with Crippen LogP contribution in [0, 0.1) is 5.92 Å². The highest BCUT2D eigenvalue weighted by Crippen LogP contribution is 2.49. The molecule has 1 heterocycles. The molecule has 1 N–H and O–H groups in total. The molecule has 3 aromatic rings. The fraction of sp³-hybridized carbons (Fsp3) is 0.281. The number of ether oxygens (including phenoxy) is 2. The van der Waals surface area contributed by atoms with Gasteiger partial charge in [0.2, 0.25) is 5.91 Å². The average molecular weight is 597 g/mol. The highest BCUT2D eigenvalue weighted by atomic mass is 35.5. The molecular weight excluding hydrogens is 569 g/mol. The van der Waals surface area contributed by atoms with E-state index in [9.17, 15) is 22.8 Å². The zero-order chi connectivity index (χ0) is 30.2. The number of carbonyl (C=O) groups excluding carboxylic acids is 2. The van der Waals surface area contributed by atoms with Crippen molar-refractivity contribution in [1.82, 2.24) is 0 Å². The normalized spacial score (nSPS) is 20.5. The van der Waals surface area contributed by atoms with Crippen LogP contribution in [0.5, 0.6) is 11.5 Å². The molecular formula is C32H28ClF3N2O4. The summed E-state index contributed by atoms with van der Waals surface area (Å²) in [7, 11) is 2.98. The third-order valence-electron chi connectivity index (χ3n) is 7.77. The minimum Gasteiger partial charge on any atom is -0.497 e. The predicted molar refractivity (Wildman–Crippen MR) is 154 cm³/mol. The van der Waals surface area contributed by atoms with Gasteiger partial charge in [0.05, 0.1) is 36.4 Å². The van der Waals surface area contributed by atoms with Crippen molar-refractivity contribution in [3.63, 3.8) is 0 Å². The molecule has 0 saturated carbocycles. The monoisotopic (exact) mass is 596 g/mol. The topological polar surface area (TPSA) is 77.0 Å². The lowest BCUT2D eigenvalue weighted by Gasteiger charge is -2.37. The van der Waals surface area contributed by atoms with Crippen molar-refractivity contribution in [2.24, 2.45) is 10.9 Å². The van der Waals surface area contributed by atoms with Crippen LogP contribution in [0.2, 0.25) is 5.02 Å². The van der Waals surface area contributed by atoms with Crippen molar-refractivity contribution >= 4 is 34.7 Å². The molecule has 3 aromatic carbocycles. The molecule has 6 nitrogen and oxygen atoms in total. The third kappa shape index (κ3) is 5.66. The number of rotatable bonds is 6. The minimum absolute atomic E-state index is 0.0587. The highest BCUT2D eigenvalue weighted by Gasteiger charge is 2.45. The number of carbonyl (C=O) groups is 2. The van der Waals surface area contributed by atoms with Crippen molar-refractivity contribution in [3.05, 3.63) is 99.7 Å². The van der Waals surface area contributed by atoms with Gasteiger partial charge in [-0.1, -0.05) is 41.9 Å². The van der Waals surface area contributed by atoms with E-state index in [0.717, 1.165) is 23.8 Å². The molecule has 5 rings (SSSR count). The number of Topliss-reactive ketones (excluding diaryl/α,β-unsaturated/α-hetero) is 1. The van der Waals surface area contributed by atoms with Crippen LogP contribution in [0.25, 0.3) is 0 Å². The van der Waals surface area contributed by atoms with Gasteiger partial charge in [-0.25, -0.2) is 0 Å². The summed E-state index contributed by atoms with van der Waals surface area (Å²) < 4.78 is 51.4. The molecule has 0 bridgehead atoms. The van der Waals surface area contributed by atoms with Crippen molar-refractivity contribution < 1.29 is 32.2 Å². The fourth-order valence-electron chi connectivity index (χ4n) is 5.79. The number of benzene rings is 3. The first-order valence-corrected chi connectivity index (χ1v) is 13.7. The summed E-state index contributed by atoms with van der Waals surface area (Å²) in [6.45, 7) is 1.68. The summed E-state index contributed by atoms with van der Waals surface area (Å²) in [6.07, 6.45) is -3.93. The standard InChI is InChI=1S/C32H28ClF3N2O4/c1-17-28(31(40)38-24-15-20(32(34,35)36)9-11-23(24)33)29(22-16-21(41-2)10-12-27(22)42-3)30-25(37-17)13-19(14-26(30)39)18-7-5-4-6-8-18/h4-12,15-16,19,28-29H,13-14H2,1-3H3,(H,38,40)/t19-,28?,29-/m0/s1. The molecule has 1 aliphatic carbocycles. The molecule has 0 aromatic heterocycles. The fourth-order valence-corrected chi connectivity index (χ4v) is 5.95. The molecule has 218 valence electrons. The number of amides is 1. The van der Waals surface area contributed by atoms with Gasteiger partial charge in [0.15, 0.2) is 5.78 Å². The number of hydrogen-bond donors (Lipinski definition) is 1. The number of hydrogen-bond acceptors (Lipinski definition) is 5. The summed E-state index contributed by atoms with van der Waals surface area (Å²) in [5.41, 5.74) is 1.76. The lowest BCUT2D eigenvalue weighted by molar-refractivity contribution is -0.137. The van der Waals surface area contributed by atoms with Crippen molar-refractivity contribution in [1.29, 1.82) is 0 Å². The lowest BCUT2D eigenvalue weighted by atomic mass is 9.68. The Kier molecular flexibility index (Phi) is 8.14. The van der Waals surface area contributed by atoms with E-state index in [0.29, 0.717) is 40.5 Å². The van der Waals surface area contributed by atoms with E-state index in [1.165, 1.54) is 14.2 Å². The molecule has 0 spiro atoms. The zero-order valence-corrected chi connectivity index (χ0v) is 23.8. The Morgan fingerprint density at radius 2 is 1.74 bits per heavy atom. The van der Waals surface area contributed by atoms with Gasteiger partial charge < -0.3 is 14.8 Å². The van der Waals surface area contributed by atoms with E-state index in [4.69, 9.17) is 26.1 Å². The van der Waals surface area contributed by atoms with Crippen LogP contribution >= 0.6 is 11.6 Å². The average Bonchev–Trinajstić information content (AvgIpc) is 2.96. The predicted octanol–water partition coefficient (Wildman–Crippen LogP) is 7.59. The van der Waals surface area contributed by atoms with Crippen molar-refractivity contribution in [2.75, 3.05) is 19.5 Å². The molecule has 10 heteroatoms. The van der Waals surface area contributed by atoms with Crippen LogP contribution in [0.15, 0.2) is 83.0 Å². The second-order valence-electron chi connectivity index (χ2n) is 10.3. The number of alkyl halides is 3. The second-order valence-corrected chi connectivity index (χ2v) is 10.7. The first kappa shape index (κ1) is 29.4. The smallest absolute Gasteiger partial charge is 0.416 e. The summed E-state index contributed by atoms with van der Waals surface area (Å²) in [5, 5.41) is 2.52. The number of allylic oxidation sites excluding steroid dienone is 2. The molecule has 0 radical (unpaired) electrons. The zero-order valence-electron chi connectivity index (χ0n) is 23.1. The van der Waals surface area contributed by atoms with Crippen LogP contribution < -0.4 is 14.8 Å². The van der Waals surface area contributed by atoms with E-state index in [1.54, 1.807) is 25.1 Å². The number of nitrogens with zero attached hydrogens (tertiary/aromatic N) is 1. The Morgan fingerprint density at radius 1 is 1.00 bits per heavy atom. The largest absolute Gasteiger partial charge is 0.497 e. The number of aliphatic imine (C=N–C) groups is 1. The van der Waals surface area contributed by atoms with E-state index in [2.05, 4.69) is 5.32 Å². The SMILES string of the molecule is COc1ccc(OC)c([C@@H]2C3=C(C[C@H](c4ccccc4)CC3=O)N=C(C)C2C(=O)Nc2cc(C(F)(F)F)ccc2Cl)c1. The van der Waals surface area contributed by atoms with Crippen molar-refractivity contribution in [3.8, 4) is 11.5 Å². The molecule has 2 aliphatic rings. The van der Waals surface area contributed by atoms with E-state index < -0.39 is 29.5 Å². The van der Waals surface area contributed by atoms with Gasteiger partial charge in [-0.3, -0.25) is 14.6 Å². The summed E-state index contributed by atoms with van der Waals surface area (Å²) in [4.78, 5) is 32.6. The van der Waals surface area contributed by atoms with Crippen LogP contribution in [-0.4, -0.2) is 31.6 Å². The van der Waals surface area contributed by atoms with E-state index >= 15 is 0 Å². The molecule has 42 heavy (non-hydrogen) atoms. The maximum atomic E-state index is 14.0. The van der Waals surface area contributed by atoms with Gasteiger partial charge in [-0.05, 0) is 61.2 Å². The number of methoxy groups -OCH3 is 2. The molecule has 1 unspecified atom stereocenters. The summed E-state index contributed by atoms with van der Waals surface area (Å²) in [5.74, 6) is -1.88. The quantitative estimate of drug-likeness (QED) is 0.318. The molecule has 0 saturated heterocycles. The van der Waals surface area contributed by atoms with Gasteiger partial charge >= 0.3 is 6.18 Å². The Bertz CT molecular complexity index is 1600.